The van der Waals surface area contributed by atoms with Crippen LogP contribution in [0.2, 0.25) is 0 Å². The minimum absolute atomic E-state index is 0.00650. The molecule has 2 aromatic carbocycles. The van der Waals surface area contributed by atoms with Crippen molar-refractivity contribution >= 4 is 44.1 Å². The quantitative estimate of drug-likeness (QED) is 0.493. The van der Waals surface area contributed by atoms with E-state index in [0.29, 0.717) is 5.71 Å². The number of halogens is 1. The standard InChI is InChI=1S/C20H19BrN4O/c1-13(10-18(22)20(23)26)24-17-6-7-19-15(11-17)8-9-25(19)12-14-2-4-16(21)5-3-14/h2-11H,12,22H2,1H3,(H2,23,26). The van der Waals surface area contributed by atoms with E-state index in [4.69, 9.17) is 11.5 Å². The largest absolute Gasteiger partial charge is 0.394 e. The Kier molecular flexibility index (Phi) is 5.23. The molecule has 1 heterocycles. The number of aliphatic imine (C=N–C) groups is 1. The zero-order chi connectivity index (χ0) is 18.7. The lowest BCUT2D eigenvalue weighted by atomic mass is 10.2. The number of fused-ring (bicyclic) bond motifs is 1. The van der Waals surface area contributed by atoms with Gasteiger partial charge in [0.25, 0.3) is 5.91 Å². The second-order valence-corrected chi connectivity index (χ2v) is 6.95. The van der Waals surface area contributed by atoms with Gasteiger partial charge in [-0.2, -0.15) is 0 Å². The van der Waals surface area contributed by atoms with Crippen LogP contribution in [0.5, 0.6) is 0 Å². The summed E-state index contributed by atoms with van der Waals surface area (Å²) in [7, 11) is 0. The Hall–Kier alpha value is -2.86. The van der Waals surface area contributed by atoms with Crippen molar-refractivity contribution in [2.75, 3.05) is 0 Å². The van der Waals surface area contributed by atoms with E-state index in [0.717, 1.165) is 27.6 Å². The molecule has 3 rings (SSSR count). The Morgan fingerprint density at radius 1 is 1.15 bits per heavy atom. The highest BCUT2D eigenvalue weighted by Crippen LogP contribution is 2.24. The Morgan fingerprint density at radius 3 is 2.58 bits per heavy atom. The van der Waals surface area contributed by atoms with Gasteiger partial charge < -0.3 is 16.0 Å². The number of carbonyl (C=O) groups is 1. The molecule has 0 fully saturated rings. The molecule has 0 aliphatic carbocycles. The van der Waals surface area contributed by atoms with Gasteiger partial charge in [-0.3, -0.25) is 9.79 Å². The van der Waals surface area contributed by atoms with Gasteiger partial charge in [0.05, 0.1) is 11.4 Å². The van der Waals surface area contributed by atoms with E-state index in [2.05, 4.69) is 49.9 Å². The molecule has 0 saturated heterocycles. The fourth-order valence-electron chi connectivity index (χ4n) is 2.71. The zero-order valence-electron chi connectivity index (χ0n) is 14.3. The molecule has 132 valence electrons. The lowest BCUT2D eigenvalue weighted by Crippen LogP contribution is -2.20. The molecule has 5 nitrogen and oxygen atoms in total. The molecule has 0 aliphatic rings. The van der Waals surface area contributed by atoms with Crippen LogP contribution in [0.3, 0.4) is 0 Å². The van der Waals surface area contributed by atoms with E-state index in [-0.39, 0.29) is 5.70 Å². The highest BCUT2D eigenvalue weighted by molar-refractivity contribution is 9.10. The molecule has 0 unspecified atom stereocenters. The highest BCUT2D eigenvalue weighted by atomic mass is 79.9. The maximum atomic E-state index is 11.0. The summed E-state index contributed by atoms with van der Waals surface area (Å²) in [4.78, 5) is 15.5. The molecule has 6 heteroatoms. The van der Waals surface area contributed by atoms with Crippen LogP contribution in [0.1, 0.15) is 12.5 Å². The predicted octanol–water partition coefficient (Wildman–Crippen LogP) is 3.87. The van der Waals surface area contributed by atoms with Gasteiger partial charge in [-0.05, 0) is 55.0 Å². The average Bonchev–Trinajstić information content (AvgIpc) is 2.99. The number of hydrogen-bond donors (Lipinski definition) is 2. The van der Waals surface area contributed by atoms with Gasteiger partial charge >= 0.3 is 0 Å². The number of allylic oxidation sites excluding steroid dienone is 1. The van der Waals surface area contributed by atoms with Crippen LogP contribution in [0, 0.1) is 0 Å². The van der Waals surface area contributed by atoms with Gasteiger partial charge in [-0.25, -0.2) is 0 Å². The van der Waals surface area contributed by atoms with Crippen molar-refractivity contribution in [3.05, 3.63) is 76.5 Å². The summed E-state index contributed by atoms with van der Waals surface area (Å²) in [6.07, 6.45) is 3.54. The van der Waals surface area contributed by atoms with E-state index in [9.17, 15) is 4.79 Å². The molecule has 26 heavy (non-hydrogen) atoms. The number of carbonyl (C=O) groups excluding carboxylic acids is 1. The van der Waals surface area contributed by atoms with Crippen molar-refractivity contribution in [3.8, 4) is 0 Å². The number of primary amides is 1. The highest BCUT2D eigenvalue weighted by Gasteiger charge is 2.04. The topological polar surface area (TPSA) is 86.4 Å². The van der Waals surface area contributed by atoms with Gasteiger partial charge in [0.1, 0.15) is 0 Å². The monoisotopic (exact) mass is 410 g/mol. The Balaban J connectivity index is 1.86. The number of nitrogens with two attached hydrogens (primary N) is 2. The number of nitrogens with zero attached hydrogens (tertiary/aromatic N) is 2. The number of aromatic nitrogens is 1. The van der Waals surface area contributed by atoms with Crippen LogP contribution in [0.4, 0.5) is 5.69 Å². The van der Waals surface area contributed by atoms with Crippen molar-refractivity contribution in [2.45, 2.75) is 13.5 Å². The second kappa shape index (κ2) is 7.58. The number of amides is 1. The molecule has 3 aromatic rings. The third kappa shape index (κ3) is 4.21. The third-order valence-electron chi connectivity index (χ3n) is 3.98. The summed E-state index contributed by atoms with van der Waals surface area (Å²) >= 11 is 3.46. The van der Waals surface area contributed by atoms with Crippen LogP contribution in [0.15, 0.2) is 76.0 Å². The Bertz CT molecular complexity index is 1020. The van der Waals surface area contributed by atoms with Crippen molar-refractivity contribution in [2.24, 2.45) is 16.5 Å². The van der Waals surface area contributed by atoms with Crippen molar-refractivity contribution in [1.29, 1.82) is 0 Å². The normalized spacial score (nSPS) is 12.5. The van der Waals surface area contributed by atoms with Crippen LogP contribution in [-0.4, -0.2) is 16.2 Å². The fourth-order valence-corrected chi connectivity index (χ4v) is 2.98. The lowest BCUT2D eigenvalue weighted by Gasteiger charge is -2.06. The summed E-state index contributed by atoms with van der Waals surface area (Å²) in [5, 5.41) is 1.10. The molecule has 0 bridgehead atoms. The van der Waals surface area contributed by atoms with Gasteiger partial charge in [0.2, 0.25) is 0 Å². The molecule has 0 saturated carbocycles. The summed E-state index contributed by atoms with van der Waals surface area (Å²) in [5.41, 5.74) is 14.5. The maximum absolute atomic E-state index is 11.0. The summed E-state index contributed by atoms with van der Waals surface area (Å²) in [6, 6.07) is 16.4. The van der Waals surface area contributed by atoms with Crippen LogP contribution >= 0.6 is 15.9 Å². The van der Waals surface area contributed by atoms with E-state index in [1.54, 1.807) is 6.92 Å². The van der Waals surface area contributed by atoms with Crippen molar-refractivity contribution in [3.63, 3.8) is 0 Å². The maximum Gasteiger partial charge on any atom is 0.264 e. The first-order valence-electron chi connectivity index (χ1n) is 8.08. The lowest BCUT2D eigenvalue weighted by molar-refractivity contribution is -0.114. The van der Waals surface area contributed by atoms with Crippen LogP contribution in [0.25, 0.3) is 10.9 Å². The van der Waals surface area contributed by atoms with Gasteiger partial charge in [0.15, 0.2) is 0 Å². The first-order valence-corrected chi connectivity index (χ1v) is 8.87. The van der Waals surface area contributed by atoms with E-state index >= 15 is 0 Å². The fraction of sp³-hybridized carbons (Fsp3) is 0.100. The molecule has 1 aromatic heterocycles. The summed E-state index contributed by atoms with van der Waals surface area (Å²) in [6.45, 7) is 2.58. The van der Waals surface area contributed by atoms with E-state index in [1.165, 1.54) is 11.6 Å². The first-order chi connectivity index (χ1) is 12.4. The third-order valence-corrected chi connectivity index (χ3v) is 4.50. The van der Waals surface area contributed by atoms with Crippen LogP contribution in [-0.2, 0) is 11.3 Å². The number of hydrogen-bond acceptors (Lipinski definition) is 3. The first kappa shape index (κ1) is 17.9. The van der Waals surface area contributed by atoms with Gasteiger partial charge in [-0.15, -0.1) is 0 Å². The molecule has 0 aliphatic heterocycles. The molecular weight excluding hydrogens is 392 g/mol. The molecule has 1 amide bonds. The van der Waals surface area contributed by atoms with E-state index < -0.39 is 5.91 Å². The van der Waals surface area contributed by atoms with Crippen LogP contribution < -0.4 is 11.5 Å². The number of benzene rings is 2. The zero-order valence-corrected chi connectivity index (χ0v) is 15.9. The molecule has 0 atom stereocenters. The van der Waals surface area contributed by atoms with Gasteiger partial charge in [0, 0.05) is 33.8 Å². The van der Waals surface area contributed by atoms with E-state index in [1.807, 2.05) is 30.3 Å². The SMILES string of the molecule is CC(C=C(N)C(N)=O)=Nc1ccc2c(ccn2Cc2ccc(Br)cc2)c1. The summed E-state index contributed by atoms with van der Waals surface area (Å²) < 4.78 is 3.27. The van der Waals surface area contributed by atoms with Gasteiger partial charge in [-0.1, -0.05) is 28.1 Å². The Morgan fingerprint density at radius 2 is 1.88 bits per heavy atom. The average molecular weight is 411 g/mol. The predicted molar refractivity (Wildman–Crippen MR) is 109 cm³/mol. The molecule has 0 spiro atoms. The minimum Gasteiger partial charge on any atom is -0.394 e. The minimum atomic E-state index is -0.653. The molecule has 0 radical (unpaired) electrons. The molecular formula is C20H19BrN4O. The molecule has 4 N–H and O–H groups in total. The second-order valence-electron chi connectivity index (χ2n) is 6.03. The summed E-state index contributed by atoms with van der Waals surface area (Å²) in [5.74, 6) is -0.653. The number of rotatable bonds is 5. The Labute approximate surface area is 160 Å². The van der Waals surface area contributed by atoms with Crippen molar-refractivity contribution < 1.29 is 4.79 Å². The van der Waals surface area contributed by atoms with Crippen molar-refractivity contribution in [1.82, 2.24) is 4.57 Å². The smallest absolute Gasteiger partial charge is 0.264 e.